The average molecular weight is 536 g/mol. The van der Waals surface area contributed by atoms with Crippen LogP contribution in [-0.4, -0.2) is 19.2 Å². The molecule has 0 aromatic heterocycles. The molecular formula is C26H21IN2O3. The van der Waals surface area contributed by atoms with Crippen LogP contribution in [0, 0.1) is 3.57 Å². The summed E-state index contributed by atoms with van der Waals surface area (Å²) in [5.74, 6) is 1.12. The minimum absolute atomic E-state index is 0.300. The Balaban J connectivity index is 1.32. The van der Waals surface area contributed by atoms with Crippen molar-refractivity contribution in [1.29, 1.82) is 0 Å². The number of hydrazone groups is 1. The topological polar surface area (TPSA) is 59.9 Å². The van der Waals surface area contributed by atoms with Crippen LogP contribution in [0.3, 0.4) is 0 Å². The molecule has 4 rings (SSSR count). The monoisotopic (exact) mass is 536 g/mol. The van der Waals surface area contributed by atoms with Gasteiger partial charge in [0.15, 0.2) is 0 Å². The first-order valence-electron chi connectivity index (χ1n) is 10.00. The Morgan fingerprint density at radius 1 is 0.969 bits per heavy atom. The highest BCUT2D eigenvalue weighted by Gasteiger charge is 2.08. The summed E-state index contributed by atoms with van der Waals surface area (Å²) >= 11 is 2.16. The third kappa shape index (κ3) is 5.45. The number of rotatable bonds is 7. The molecule has 0 saturated heterocycles. The number of halogens is 1. The molecule has 0 heterocycles. The number of ether oxygens (including phenoxy) is 2. The van der Waals surface area contributed by atoms with Gasteiger partial charge in [-0.25, -0.2) is 5.43 Å². The Kier molecular flexibility index (Phi) is 7.01. The van der Waals surface area contributed by atoms with Crippen LogP contribution in [0.1, 0.15) is 21.5 Å². The zero-order valence-corrected chi connectivity index (χ0v) is 19.6. The van der Waals surface area contributed by atoms with Gasteiger partial charge in [0.1, 0.15) is 18.1 Å². The summed E-state index contributed by atoms with van der Waals surface area (Å²) in [6, 6.07) is 27.4. The first-order valence-corrected chi connectivity index (χ1v) is 11.1. The molecule has 5 nitrogen and oxygen atoms in total. The molecule has 4 aromatic carbocycles. The van der Waals surface area contributed by atoms with Crippen LogP contribution < -0.4 is 14.9 Å². The minimum Gasteiger partial charge on any atom is -0.496 e. The van der Waals surface area contributed by atoms with E-state index in [-0.39, 0.29) is 5.91 Å². The molecule has 0 aliphatic heterocycles. The fourth-order valence-electron chi connectivity index (χ4n) is 3.18. The normalized spacial score (nSPS) is 10.9. The Hall–Kier alpha value is -3.39. The van der Waals surface area contributed by atoms with Crippen molar-refractivity contribution in [3.8, 4) is 11.5 Å². The number of carbonyl (C=O) groups is 1. The summed E-state index contributed by atoms with van der Waals surface area (Å²) in [7, 11) is 1.58. The largest absolute Gasteiger partial charge is 0.496 e. The van der Waals surface area contributed by atoms with Crippen LogP contribution in [0.2, 0.25) is 0 Å². The summed E-state index contributed by atoms with van der Waals surface area (Å²) in [6.45, 7) is 0.494. The van der Waals surface area contributed by atoms with Gasteiger partial charge in [0.05, 0.1) is 16.9 Å². The molecule has 0 spiro atoms. The van der Waals surface area contributed by atoms with Gasteiger partial charge < -0.3 is 9.47 Å². The van der Waals surface area contributed by atoms with E-state index in [1.54, 1.807) is 25.5 Å². The number of benzene rings is 4. The summed E-state index contributed by atoms with van der Waals surface area (Å²) < 4.78 is 12.1. The quantitative estimate of drug-likeness (QED) is 0.185. The standard InChI is InChI=1S/C26H21IN2O3/c1-31-25-15-22(10-13-24(25)27)26(30)29-28-16-18-7-11-23(12-8-18)32-17-19-6-9-20-4-2-3-5-21(20)14-19/h2-16H,17H2,1H3,(H,29,30)/b28-16-. The average Bonchev–Trinajstić information content (AvgIpc) is 2.83. The second-order valence-electron chi connectivity index (χ2n) is 7.09. The maximum Gasteiger partial charge on any atom is 0.271 e. The Morgan fingerprint density at radius 2 is 1.75 bits per heavy atom. The van der Waals surface area contributed by atoms with Crippen molar-refractivity contribution in [3.63, 3.8) is 0 Å². The Bertz CT molecular complexity index is 1270. The lowest BCUT2D eigenvalue weighted by molar-refractivity contribution is 0.0954. The van der Waals surface area contributed by atoms with Gasteiger partial charge in [-0.2, -0.15) is 5.10 Å². The maximum atomic E-state index is 12.3. The number of hydrogen-bond donors (Lipinski definition) is 1. The van der Waals surface area contributed by atoms with Gasteiger partial charge in [0, 0.05) is 5.56 Å². The third-order valence-corrected chi connectivity index (χ3v) is 5.78. The van der Waals surface area contributed by atoms with Gasteiger partial charge >= 0.3 is 0 Å². The second-order valence-corrected chi connectivity index (χ2v) is 8.25. The molecule has 4 aromatic rings. The fraction of sp³-hybridized carbons (Fsp3) is 0.0769. The summed E-state index contributed by atoms with van der Waals surface area (Å²) in [5, 5.41) is 6.46. The molecule has 32 heavy (non-hydrogen) atoms. The van der Waals surface area contributed by atoms with E-state index in [4.69, 9.17) is 9.47 Å². The van der Waals surface area contributed by atoms with E-state index in [9.17, 15) is 4.79 Å². The summed E-state index contributed by atoms with van der Waals surface area (Å²) in [6.07, 6.45) is 1.59. The van der Waals surface area contributed by atoms with Crippen LogP contribution in [-0.2, 0) is 6.61 Å². The SMILES string of the molecule is COc1cc(C(=O)N/N=C\c2ccc(OCc3ccc4ccccc4c3)cc2)ccc1I. The van der Waals surface area contributed by atoms with E-state index in [2.05, 4.69) is 63.4 Å². The lowest BCUT2D eigenvalue weighted by Crippen LogP contribution is -2.17. The summed E-state index contributed by atoms with van der Waals surface area (Å²) in [5.41, 5.74) is 4.98. The van der Waals surface area contributed by atoms with E-state index >= 15 is 0 Å². The highest BCUT2D eigenvalue weighted by atomic mass is 127. The van der Waals surface area contributed by atoms with Crippen LogP contribution in [0.5, 0.6) is 11.5 Å². The maximum absolute atomic E-state index is 12.3. The first-order chi connectivity index (χ1) is 15.6. The molecule has 160 valence electrons. The van der Waals surface area contributed by atoms with Gasteiger partial charge in [-0.1, -0.05) is 36.4 Å². The lowest BCUT2D eigenvalue weighted by Gasteiger charge is -2.08. The predicted octanol–water partition coefficient (Wildman–Crippen LogP) is 5.80. The number of methoxy groups -OCH3 is 1. The molecule has 0 saturated carbocycles. The molecular weight excluding hydrogens is 515 g/mol. The van der Waals surface area contributed by atoms with Crippen LogP contribution in [0.15, 0.2) is 90.0 Å². The number of nitrogens with zero attached hydrogens (tertiary/aromatic N) is 1. The predicted molar refractivity (Wildman–Crippen MR) is 135 cm³/mol. The van der Waals surface area contributed by atoms with Crippen molar-refractivity contribution >= 4 is 45.5 Å². The Morgan fingerprint density at radius 3 is 2.53 bits per heavy atom. The number of fused-ring (bicyclic) bond motifs is 1. The zero-order valence-electron chi connectivity index (χ0n) is 17.4. The van der Waals surface area contributed by atoms with E-state index in [0.717, 1.165) is 20.4 Å². The van der Waals surface area contributed by atoms with Crippen LogP contribution in [0.25, 0.3) is 10.8 Å². The minimum atomic E-state index is -0.300. The number of carbonyl (C=O) groups excluding carboxylic acids is 1. The number of nitrogens with one attached hydrogen (secondary N) is 1. The smallest absolute Gasteiger partial charge is 0.271 e. The van der Waals surface area contributed by atoms with Crippen molar-refractivity contribution < 1.29 is 14.3 Å². The fourth-order valence-corrected chi connectivity index (χ4v) is 3.73. The van der Waals surface area contributed by atoms with Crippen molar-refractivity contribution in [2.75, 3.05) is 7.11 Å². The molecule has 0 atom stereocenters. The van der Waals surface area contributed by atoms with Crippen LogP contribution >= 0.6 is 22.6 Å². The second kappa shape index (κ2) is 10.3. The number of amides is 1. The van der Waals surface area contributed by atoms with Crippen LogP contribution in [0.4, 0.5) is 0 Å². The number of hydrogen-bond acceptors (Lipinski definition) is 4. The molecule has 0 aliphatic carbocycles. The van der Waals surface area contributed by atoms with Crippen molar-refractivity contribution in [3.05, 3.63) is 105 Å². The molecule has 0 fully saturated rings. The third-order valence-electron chi connectivity index (χ3n) is 4.89. The molecule has 0 radical (unpaired) electrons. The molecule has 0 aliphatic rings. The van der Waals surface area contributed by atoms with Crippen molar-refractivity contribution in [2.45, 2.75) is 6.61 Å². The molecule has 6 heteroatoms. The van der Waals surface area contributed by atoms with E-state index < -0.39 is 0 Å². The van der Waals surface area contributed by atoms with E-state index in [0.29, 0.717) is 17.9 Å². The summed E-state index contributed by atoms with van der Waals surface area (Å²) in [4.78, 5) is 12.3. The van der Waals surface area contributed by atoms with Gasteiger partial charge in [0.25, 0.3) is 5.91 Å². The highest BCUT2D eigenvalue weighted by Crippen LogP contribution is 2.22. The Labute approximate surface area is 200 Å². The van der Waals surface area contributed by atoms with Gasteiger partial charge in [0.2, 0.25) is 0 Å². The molecule has 1 N–H and O–H groups in total. The molecule has 0 unspecified atom stereocenters. The van der Waals surface area contributed by atoms with Gasteiger partial charge in [-0.3, -0.25) is 4.79 Å². The first kappa shape index (κ1) is 21.8. The molecule has 1 amide bonds. The molecule has 0 bridgehead atoms. The van der Waals surface area contributed by atoms with E-state index in [1.165, 1.54) is 10.8 Å². The highest BCUT2D eigenvalue weighted by molar-refractivity contribution is 14.1. The van der Waals surface area contributed by atoms with Gasteiger partial charge in [-0.15, -0.1) is 0 Å². The lowest BCUT2D eigenvalue weighted by atomic mass is 10.1. The van der Waals surface area contributed by atoms with E-state index in [1.807, 2.05) is 42.5 Å². The van der Waals surface area contributed by atoms with Crippen molar-refractivity contribution in [2.24, 2.45) is 5.10 Å². The van der Waals surface area contributed by atoms with Crippen molar-refractivity contribution in [1.82, 2.24) is 5.43 Å². The zero-order chi connectivity index (χ0) is 22.3. The van der Waals surface area contributed by atoms with Gasteiger partial charge in [-0.05, 0) is 93.0 Å².